The van der Waals surface area contributed by atoms with Crippen molar-refractivity contribution in [3.8, 4) is 5.75 Å². The van der Waals surface area contributed by atoms with E-state index in [1.807, 2.05) is 0 Å². The first-order valence-electron chi connectivity index (χ1n) is 9.53. The van der Waals surface area contributed by atoms with Gasteiger partial charge in [-0.3, -0.25) is 9.11 Å². The number of nitrogens with two attached hydrogens (primary N) is 1. The van der Waals surface area contributed by atoms with Crippen molar-refractivity contribution in [2.75, 3.05) is 5.73 Å². The zero-order valence-electron chi connectivity index (χ0n) is 18.1. The van der Waals surface area contributed by atoms with Gasteiger partial charge < -0.3 is 26.5 Å². The number of carbonyl (C=O) groups is 1. The van der Waals surface area contributed by atoms with Crippen molar-refractivity contribution >= 4 is 49.1 Å². The van der Waals surface area contributed by atoms with Crippen LogP contribution >= 0.6 is 0 Å². The van der Waals surface area contributed by atoms with E-state index in [9.17, 15) is 40.9 Å². The SMILES string of the molecule is Nc1cc(S(=O)(=O)O)cc([N-]/[NH+]=C(\N=Nc2cc(S(=O)(=O)O)ccc2C(=O)O)c2ccccc2)c1O.[Cu+]. The molecule has 3 aromatic rings. The fourth-order valence-electron chi connectivity index (χ4n) is 2.74. The van der Waals surface area contributed by atoms with Crippen LogP contribution in [0.4, 0.5) is 17.1 Å². The molecule has 0 atom stereocenters. The summed E-state index contributed by atoms with van der Waals surface area (Å²) in [4.78, 5) is 10.3. The van der Waals surface area contributed by atoms with Crippen LogP contribution in [0.3, 0.4) is 0 Å². The molecule has 3 aromatic carbocycles. The summed E-state index contributed by atoms with van der Waals surface area (Å²) >= 11 is 0. The predicted octanol–water partition coefficient (Wildman–Crippen LogP) is 1.39. The number of phenols is 1. The Morgan fingerprint density at radius 1 is 0.919 bits per heavy atom. The van der Waals surface area contributed by atoms with Crippen LogP contribution in [0.1, 0.15) is 15.9 Å². The number of nitrogen functional groups attached to an aromatic ring is 1. The second kappa shape index (κ2) is 11.5. The number of phenolic OH excluding ortho intramolecular Hbond substituents is 1. The van der Waals surface area contributed by atoms with Crippen LogP contribution in [0.25, 0.3) is 5.43 Å². The molecular formula is C20H17CuN5O9S2+. The molecule has 0 radical (unpaired) electrons. The summed E-state index contributed by atoms with van der Waals surface area (Å²) in [5.41, 5.74) is 8.11. The number of rotatable bonds is 7. The third-order valence-electron chi connectivity index (χ3n) is 4.48. The predicted molar refractivity (Wildman–Crippen MR) is 125 cm³/mol. The van der Waals surface area contributed by atoms with Crippen LogP contribution in [-0.4, -0.2) is 48.0 Å². The summed E-state index contributed by atoms with van der Waals surface area (Å²) in [6.07, 6.45) is 0. The topological polar surface area (TPSA) is 245 Å². The van der Waals surface area contributed by atoms with Gasteiger partial charge in [-0.05, 0) is 47.6 Å². The molecule has 0 aromatic heterocycles. The average molecular weight is 599 g/mol. The first-order valence-corrected chi connectivity index (χ1v) is 12.4. The van der Waals surface area contributed by atoms with E-state index in [1.54, 1.807) is 30.3 Å². The molecule has 0 fully saturated rings. The van der Waals surface area contributed by atoms with Gasteiger partial charge in [0.05, 0.1) is 31.7 Å². The van der Waals surface area contributed by atoms with Crippen molar-refractivity contribution in [1.82, 2.24) is 0 Å². The molecule has 3 rings (SSSR count). The monoisotopic (exact) mass is 598 g/mol. The molecule has 198 valence electrons. The second-order valence-corrected chi connectivity index (χ2v) is 9.80. The van der Waals surface area contributed by atoms with Gasteiger partial charge in [-0.15, -0.1) is 0 Å². The van der Waals surface area contributed by atoms with E-state index in [4.69, 9.17) is 5.73 Å². The van der Waals surface area contributed by atoms with Crippen molar-refractivity contribution < 1.29 is 63.1 Å². The van der Waals surface area contributed by atoms with Crippen molar-refractivity contribution in [2.24, 2.45) is 10.2 Å². The second-order valence-electron chi connectivity index (χ2n) is 6.95. The van der Waals surface area contributed by atoms with E-state index in [2.05, 4.69) is 20.8 Å². The van der Waals surface area contributed by atoms with Gasteiger partial charge in [0.2, 0.25) is 0 Å². The molecule has 17 heteroatoms. The third-order valence-corrected chi connectivity index (χ3v) is 6.16. The van der Waals surface area contributed by atoms with Crippen molar-refractivity contribution in [2.45, 2.75) is 9.79 Å². The fraction of sp³-hybridized carbons (Fsp3) is 0. The van der Waals surface area contributed by atoms with Crippen molar-refractivity contribution in [3.05, 3.63) is 77.2 Å². The van der Waals surface area contributed by atoms with E-state index >= 15 is 0 Å². The van der Waals surface area contributed by atoms with Crippen LogP contribution in [-0.2, 0) is 37.3 Å². The molecule has 0 spiro atoms. The van der Waals surface area contributed by atoms with Crippen LogP contribution in [0, 0.1) is 0 Å². The largest absolute Gasteiger partial charge is 1.00 e. The van der Waals surface area contributed by atoms with E-state index in [-0.39, 0.29) is 22.9 Å². The number of hydrogen-bond donors (Lipinski definition) is 6. The first kappa shape index (κ1) is 29.4. The van der Waals surface area contributed by atoms with Gasteiger partial charge in [0.1, 0.15) is 11.4 Å². The summed E-state index contributed by atoms with van der Waals surface area (Å²) < 4.78 is 64.4. The molecule has 0 unspecified atom stereocenters. The molecule has 0 saturated carbocycles. The Morgan fingerprint density at radius 2 is 1.54 bits per heavy atom. The number of amidine groups is 1. The van der Waals surface area contributed by atoms with E-state index < -0.39 is 64.4 Å². The number of nitrogens with zero attached hydrogens (tertiary/aromatic N) is 3. The van der Waals surface area contributed by atoms with Crippen LogP contribution < -0.4 is 10.8 Å². The molecule has 0 saturated heterocycles. The van der Waals surface area contributed by atoms with Gasteiger partial charge in [-0.2, -0.15) is 16.8 Å². The Balaban J connectivity index is 0.00000481. The number of carboxylic acids is 1. The Hall–Kier alpha value is -3.86. The summed E-state index contributed by atoms with van der Waals surface area (Å²) in [7, 11) is -9.36. The Morgan fingerprint density at radius 3 is 2.11 bits per heavy atom. The number of nitrogens with one attached hydrogen (secondary N) is 1. The van der Waals surface area contributed by atoms with Crippen LogP contribution in [0.5, 0.6) is 5.75 Å². The van der Waals surface area contributed by atoms with E-state index in [0.717, 1.165) is 30.3 Å². The summed E-state index contributed by atoms with van der Waals surface area (Å²) in [5, 5.41) is 29.6. The number of anilines is 1. The number of azo groups is 1. The molecule has 0 aliphatic heterocycles. The molecule has 37 heavy (non-hydrogen) atoms. The molecular weight excluding hydrogens is 582 g/mol. The van der Waals surface area contributed by atoms with Gasteiger partial charge in [-0.1, -0.05) is 23.9 Å². The van der Waals surface area contributed by atoms with Gasteiger partial charge in [0, 0.05) is 0 Å². The number of aromatic carboxylic acids is 1. The van der Waals surface area contributed by atoms with Crippen molar-refractivity contribution in [1.29, 1.82) is 0 Å². The minimum atomic E-state index is -4.68. The van der Waals surface area contributed by atoms with Gasteiger partial charge in [0.15, 0.2) is 0 Å². The molecule has 0 aliphatic rings. The minimum absolute atomic E-state index is 0. The number of aromatic hydroxyl groups is 1. The quantitative estimate of drug-likeness (QED) is 0.0333. The molecule has 0 aliphatic carbocycles. The standard InChI is InChI=1S/C20H17N5O9S2.Cu/c21-15-8-13(36(32,33)34)10-17(18(15)26)23-25-19(11-4-2-1-3-5-11)24-22-16-9-12(35(29,30)31)6-7-14(16)20(27)28;/h1-10H,(H7-,21,22,23,24,25,26,27,28,29,30,31,32,33,34);/q;+1. The summed E-state index contributed by atoms with van der Waals surface area (Å²) in [5.74, 6) is -2.22. The van der Waals surface area contributed by atoms with Gasteiger partial charge in [-0.25, -0.2) is 4.79 Å². The Bertz CT molecular complexity index is 1610. The molecule has 14 nitrogen and oxygen atoms in total. The molecule has 0 bridgehead atoms. The molecule has 7 N–H and O–H groups in total. The summed E-state index contributed by atoms with van der Waals surface area (Å²) in [6.45, 7) is 0. The van der Waals surface area contributed by atoms with Gasteiger partial charge >= 0.3 is 28.9 Å². The number of benzene rings is 3. The zero-order chi connectivity index (χ0) is 26.7. The first-order chi connectivity index (χ1) is 16.8. The fourth-order valence-corrected chi connectivity index (χ4v) is 3.78. The minimum Gasteiger partial charge on any atom is -0.507 e. The maximum absolute atomic E-state index is 11.5. The molecule has 0 amide bonds. The smallest absolute Gasteiger partial charge is 0.507 e. The summed E-state index contributed by atoms with van der Waals surface area (Å²) in [6, 6.07) is 12.2. The van der Waals surface area contributed by atoms with Gasteiger partial charge in [0.25, 0.3) is 20.2 Å². The Labute approximate surface area is 220 Å². The normalized spacial score (nSPS) is 12.2. The van der Waals surface area contributed by atoms with E-state index in [0.29, 0.717) is 5.56 Å². The van der Waals surface area contributed by atoms with Crippen LogP contribution in [0.2, 0.25) is 0 Å². The van der Waals surface area contributed by atoms with Crippen molar-refractivity contribution in [3.63, 3.8) is 0 Å². The maximum Gasteiger partial charge on any atom is 1.00 e. The number of hydrogen-bond acceptors (Lipinski definition) is 8. The average Bonchev–Trinajstić information content (AvgIpc) is 2.80. The number of carboxylic acid groups (broad SMARTS) is 1. The third kappa shape index (κ3) is 7.32. The molecule has 0 heterocycles. The maximum atomic E-state index is 11.5. The Kier molecular flexibility index (Phi) is 9.10. The van der Waals surface area contributed by atoms with E-state index in [1.165, 1.54) is 0 Å². The zero-order valence-corrected chi connectivity index (χ0v) is 20.7. The van der Waals surface area contributed by atoms with Crippen LogP contribution in [0.15, 0.2) is 80.7 Å².